The Bertz CT molecular complexity index is 982. The first kappa shape index (κ1) is 18.8. The van der Waals surface area contributed by atoms with Gasteiger partial charge < -0.3 is 10.4 Å². The second kappa shape index (κ2) is 7.33. The number of nitrogens with one attached hydrogen (secondary N) is 1. The monoisotopic (exact) mass is 391 g/mol. The number of sulfonamides is 1. The predicted octanol–water partition coefficient (Wildman–Crippen LogP) is 2.34. The average Bonchev–Trinajstić information content (AvgIpc) is 3.19. The molecule has 3 rings (SSSR count). The van der Waals surface area contributed by atoms with Gasteiger partial charge in [-0.25, -0.2) is 8.42 Å². The molecule has 1 aliphatic rings. The Morgan fingerprint density at radius 3 is 2.33 bits per heavy atom. The van der Waals surface area contributed by atoms with Crippen LogP contribution in [0.5, 0.6) is 5.75 Å². The van der Waals surface area contributed by atoms with Gasteiger partial charge >= 0.3 is 0 Å². The van der Waals surface area contributed by atoms with Crippen LogP contribution in [0.1, 0.15) is 23.2 Å². The van der Waals surface area contributed by atoms with Gasteiger partial charge in [-0.2, -0.15) is 4.31 Å². The molecular formula is C17H17N3O6S. The number of phenolic OH excluding ortho intramolecular Hbond substituents is 1. The van der Waals surface area contributed by atoms with Gasteiger partial charge in [0.2, 0.25) is 10.0 Å². The number of nitrogens with zero attached hydrogens (tertiary/aromatic N) is 2. The Balaban J connectivity index is 1.84. The first-order valence-corrected chi connectivity index (χ1v) is 9.62. The Morgan fingerprint density at radius 1 is 1.11 bits per heavy atom. The highest BCUT2D eigenvalue weighted by molar-refractivity contribution is 7.89. The van der Waals surface area contributed by atoms with E-state index >= 15 is 0 Å². The topological polar surface area (TPSA) is 130 Å². The lowest BCUT2D eigenvalue weighted by atomic mass is 10.2. The number of amides is 1. The number of hydrogen-bond donors (Lipinski definition) is 2. The molecular weight excluding hydrogens is 374 g/mol. The molecule has 9 nitrogen and oxygen atoms in total. The fourth-order valence-electron chi connectivity index (χ4n) is 2.78. The van der Waals surface area contributed by atoms with Crippen molar-refractivity contribution in [2.45, 2.75) is 17.7 Å². The predicted molar refractivity (Wildman–Crippen MR) is 97.1 cm³/mol. The molecule has 1 heterocycles. The summed E-state index contributed by atoms with van der Waals surface area (Å²) in [5, 5.41) is 23.1. The van der Waals surface area contributed by atoms with E-state index in [2.05, 4.69) is 5.32 Å². The van der Waals surface area contributed by atoms with Crippen molar-refractivity contribution < 1.29 is 23.2 Å². The second-order valence-corrected chi connectivity index (χ2v) is 7.99. The number of phenols is 1. The number of rotatable bonds is 5. The lowest BCUT2D eigenvalue weighted by Gasteiger charge is -2.16. The summed E-state index contributed by atoms with van der Waals surface area (Å²) < 4.78 is 26.6. The van der Waals surface area contributed by atoms with Crippen LogP contribution in [-0.4, -0.2) is 41.7 Å². The van der Waals surface area contributed by atoms with Gasteiger partial charge in [0.25, 0.3) is 11.6 Å². The SMILES string of the molecule is O=C(Nc1cc(S(=O)(=O)N2CCCC2)ccc1O)c1ccc([N+](=O)[O-])cc1. The zero-order valence-electron chi connectivity index (χ0n) is 14.2. The highest BCUT2D eigenvalue weighted by atomic mass is 32.2. The molecule has 2 aromatic carbocycles. The molecule has 1 aliphatic heterocycles. The van der Waals surface area contributed by atoms with Gasteiger partial charge in [-0.05, 0) is 43.2 Å². The average molecular weight is 391 g/mol. The number of aromatic hydroxyl groups is 1. The summed E-state index contributed by atoms with van der Waals surface area (Å²) in [6.07, 6.45) is 1.59. The molecule has 10 heteroatoms. The number of anilines is 1. The lowest BCUT2D eigenvalue weighted by Crippen LogP contribution is -2.28. The van der Waals surface area contributed by atoms with Crippen molar-refractivity contribution in [3.05, 3.63) is 58.1 Å². The molecule has 0 aliphatic carbocycles. The van der Waals surface area contributed by atoms with Crippen LogP contribution in [0.3, 0.4) is 0 Å². The smallest absolute Gasteiger partial charge is 0.269 e. The fourth-order valence-corrected chi connectivity index (χ4v) is 4.33. The minimum atomic E-state index is -3.70. The molecule has 2 aromatic rings. The molecule has 2 N–H and O–H groups in total. The molecule has 1 fully saturated rings. The standard InChI is InChI=1S/C17H17N3O6S/c21-16-8-7-14(27(25,26)19-9-1-2-10-19)11-15(16)18-17(22)12-3-5-13(6-4-12)20(23)24/h3-8,11,21H,1-2,9-10H2,(H,18,22). The van der Waals surface area contributed by atoms with Gasteiger partial charge in [-0.1, -0.05) is 0 Å². The molecule has 1 amide bonds. The molecule has 1 saturated heterocycles. The first-order valence-electron chi connectivity index (χ1n) is 8.18. The van der Waals surface area contributed by atoms with E-state index in [1.165, 1.54) is 46.8 Å². The van der Waals surface area contributed by atoms with Crippen molar-refractivity contribution in [3.8, 4) is 5.75 Å². The molecule has 0 aromatic heterocycles. The third kappa shape index (κ3) is 3.91. The zero-order valence-corrected chi connectivity index (χ0v) is 15.0. The molecule has 0 atom stereocenters. The Labute approximate surface area is 155 Å². The number of benzene rings is 2. The lowest BCUT2D eigenvalue weighted by molar-refractivity contribution is -0.384. The number of nitro benzene ring substituents is 1. The molecule has 0 radical (unpaired) electrons. The highest BCUT2D eigenvalue weighted by Crippen LogP contribution is 2.29. The Morgan fingerprint density at radius 2 is 1.74 bits per heavy atom. The quantitative estimate of drug-likeness (QED) is 0.457. The molecule has 27 heavy (non-hydrogen) atoms. The summed E-state index contributed by atoms with van der Waals surface area (Å²) in [5.74, 6) is -0.915. The third-order valence-corrected chi connectivity index (χ3v) is 6.15. The molecule has 0 bridgehead atoms. The molecule has 0 unspecified atom stereocenters. The number of carbonyl (C=O) groups is 1. The van der Waals surface area contributed by atoms with Crippen molar-refractivity contribution in [1.82, 2.24) is 4.31 Å². The van der Waals surface area contributed by atoms with E-state index in [4.69, 9.17) is 0 Å². The normalized spacial score (nSPS) is 14.8. The van der Waals surface area contributed by atoms with Crippen LogP contribution in [0.15, 0.2) is 47.4 Å². The van der Waals surface area contributed by atoms with Gasteiger partial charge in [0.15, 0.2) is 0 Å². The minimum Gasteiger partial charge on any atom is -0.506 e. The number of carbonyl (C=O) groups excluding carboxylic acids is 1. The van der Waals surface area contributed by atoms with Crippen molar-refractivity contribution in [3.63, 3.8) is 0 Å². The van der Waals surface area contributed by atoms with E-state index in [1.54, 1.807) is 0 Å². The van der Waals surface area contributed by atoms with E-state index in [0.717, 1.165) is 12.8 Å². The van der Waals surface area contributed by atoms with Gasteiger partial charge in [0.1, 0.15) is 5.75 Å². The summed E-state index contributed by atoms with van der Waals surface area (Å²) >= 11 is 0. The van der Waals surface area contributed by atoms with Crippen LogP contribution in [0.2, 0.25) is 0 Å². The van der Waals surface area contributed by atoms with Gasteiger partial charge in [-0.3, -0.25) is 14.9 Å². The van der Waals surface area contributed by atoms with Crippen LogP contribution in [0.4, 0.5) is 11.4 Å². The summed E-state index contributed by atoms with van der Waals surface area (Å²) in [4.78, 5) is 22.4. The third-order valence-electron chi connectivity index (χ3n) is 4.26. The number of hydrogen-bond acceptors (Lipinski definition) is 6. The highest BCUT2D eigenvalue weighted by Gasteiger charge is 2.28. The Hall–Kier alpha value is -2.98. The second-order valence-electron chi connectivity index (χ2n) is 6.05. The Kier molecular flexibility index (Phi) is 5.10. The van der Waals surface area contributed by atoms with E-state index < -0.39 is 20.9 Å². The van der Waals surface area contributed by atoms with Crippen LogP contribution < -0.4 is 5.32 Å². The fraction of sp³-hybridized carbons (Fsp3) is 0.235. The van der Waals surface area contributed by atoms with Gasteiger partial charge in [0.05, 0.1) is 15.5 Å². The maximum absolute atomic E-state index is 12.6. The maximum Gasteiger partial charge on any atom is 0.269 e. The molecule has 0 saturated carbocycles. The first-order chi connectivity index (χ1) is 12.8. The van der Waals surface area contributed by atoms with Crippen molar-refractivity contribution >= 4 is 27.3 Å². The van der Waals surface area contributed by atoms with Crippen LogP contribution in [0.25, 0.3) is 0 Å². The minimum absolute atomic E-state index is 0.0267. The van der Waals surface area contributed by atoms with Crippen molar-refractivity contribution in [2.75, 3.05) is 18.4 Å². The summed E-state index contributed by atoms with van der Waals surface area (Å²) in [5.41, 5.74) is -0.0838. The van der Waals surface area contributed by atoms with Crippen LogP contribution in [0, 0.1) is 10.1 Å². The summed E-state index contributed by atoms with van der Waals surface area (Å²) in [6.45, 7) is 0.876. The molecule has 142 valence electrons. The number of nitro groups is 1. The summed E-state index contributed by atoms with van der Waals surface area (Å²) in [7, 11) is -3.70. The van der Waals surface area contributed by atoms with Crippen molar-refractivity contribution in [2.24, 2.45) is 0 Å². The van der Waals surface area contributed by atoms with Gasteiger partial charge in [-0.15, -0.1) is 0 Å². The van der Waals surface area contributed by atoms with E-state index in [1.807, 2.05) is 0 Å². The largest absolute Gasteiger partial charge is 0.506 e. The van der Waals surface area contributed by atoms with E-state index in [9.17, 15) is 28.4 Å². The molecule has 0 spiro atoms. The zero-order chi connectivity index (χ0) is 19.6. The van der Waals surface area contributed by atoms with Gasteiger partial charge in [0, 0.05) is 30.8 Å². The summed E-state index contributed by atoms with van der Waals surface area (Å²) in [6, 6.07) is 8.60. The van der Waals surface area contributed by atoms with E-state index in [0.29, 0.717) is 13.1 Å². The maximum atomic E-state index is 12.6. The van der Waals surface area contributed by atoms with Crippen LogP contribution in [-0.2, 0) is 10.0 Å². The van der Waals surface area contributed by atoms with E-state index in [-0.39, 0.29) is 27.6 Å². The number of non-ortho nitro benzene ring substituents is 1. The van der Waals surface area contributed by atoms with Crippen LogP contribution >= 0.6 is 0 Å². The van der Waals surface area contributed by atoms with Crippen molar-refractivity contribution in [1.29, 1.82) is 0 Å².